The number of hydrogen-bond donors (Lipinski definition) is 2. The minimum atomic E-state index is -4.65. The molecule has 3 aromatic carbocycles. The maximum Gasteiger partial charge on any atom is 0.417 e. The average Bonchev–Trinajstić information content (AvgIpc) is 2.87. The zero-order valence-corrected chi connectivity index (χ0v) is 19.1. The maximum absolute atomic E-state index is 13.3. The van der Waals surface area contributed by atoms with Crippen LogP contribution in [-0.2, 0) is 12.7 Å². The molecule has 0 spiro atoms. The van der Waals surface area contributed by atoms with Crippen molar-refractivity contribution in [2.24, 2.45) is 0 Å². The van der Waals surface area contributed by atoms with Gasteiger partial charge in [-0.05, 0) is 61.2 Å². The zero-order chi connectivity index (χ0) is 24.8. The molecule has 182 valence electrons. The van der Waals surface area contributed by atoms with Gasteiger partial charge in [-0.2, -0.15) is 13.2 Å². The lowest BCUT2D eigenvalue weighted by Crippen LogP contribution is -2.31. The van der Waals surface area contributed by atoms with Crippen LogP contribution in [0.4, 0.5) is 24.5 Å². The third-order valence-corrected chi connectivity index (χ3v) is 5.99. The molecule has 2 N–H and O–H groups in total. The van der Waals surface area contributed by atoms with E-state index in [9.17, 15) is 22.8 Å². The molecule has 3 aromatic rings. The summed E-state index contributed by atoms with van der Waals surface area (Å²) in [6.45, 7) is 2.31. The average molecular weight is 482 g/mol. The third-order valence-electron chi connectivity index (χ3n) is 5.99. The first-order valence-electron chi connectivity index (χ1n) is 11.5. The van der Waals surface area contributed by atoms with Crippen LogP contribution in [0.3, 0.4) is 0 Å². The number of amides is 2. The zero-order valence-electron chi connectivity index (χ0n) is 19.1. The van der Waals surface area contributed by atoms with Gasteiger partial charge in [0.15, 0.2) is 0 Å². The second kappa shape index (κ2) is 10.6. The van der Waals surface area contributed by atoms with Crippen molar-refractivity contribution in [3.8, 4) is 0 Å². The molecule has 0 aliphatic carbocycles. The van der Waals surface area contributed by atoms with Gasteiger partial charge in [0.25, 0.3) is 11.8 Å². The number of hydrogen-bond acceptors (Lipinski definition) is 3. The highest BCUT2D eigenvalue weighted by Gasteiger charge is 2.34. The Bertz CT molecular complexity index is 1200. The number of rotatable bonds is 6. The largest absolute Gasteiger partial charge is 0.417 e. The predicted octanol–water partition coefficient (Wildman–Crippen LogP) is 5.88. The number of nitrogens with zero attached hydrogens (tertiary/aromatic N) is 1. The molecular formula is C27H26F3N3O2. The standard InChI is InChI=1S/C27H26F3N3O2/c28-27(29,30)23-13-4-3-12-22(23)26(35)32-21-11-8-10-19(17-21)25(34)31-18-20-9-2-5-14-24(20)33-15-6-1-7-16-33/h2-5,8-14,17H,1,6-7,15-16,18H2,(H,31,34)(H,32,35). The van der Waals surface area contributed by atoms with Crippen molar-refractivity contribution < 1.29 is 22.8 Å². The van der Waals surface area contributed by atoms with Gasteiger partial charge in [0, 0.05) is 36.6 Å². The molecule has 0 unspecified atom stereocenters. The van der Waals surface area contributed by atoms with Crippen LogP contribution >= 0.6 is 0 Å². The highest BCUT2D eigenvalue weighted by molar-refractivity contribution is 6.06. The number of anilines is 2. The number of carbonyl (C=O) groups is 2. The summed E-state index contributed by atoms with van der Waals surface area (Å²) in [4.78, 5) is 27.7. The first-order valence-corrected chi connectivity index (χ1v) is 11.5. The smallest absolute Gasteiger partial charge is 0.371 e. The molecule has 5 nitrogen and oxygen atoms in total. The second-order valence-corrected chi connectivity index (χ2v) is 8.44. The summed E-state index contributed by atoms with van der Waals surface area (Å²) in [5.41, 5.74) is 1.14. The van der Waals surface area contributed by atoms with Crippen molar-refractivity contribution in [3.05, 3.63) is 95.1 Å². The van der Waals surface area contributed by atoms with Crippen molar-refractivity contribution in [3.63, 3.8) is 0 Å². The molecule has 1 heterocycles. The molecule has 1 aliphatic rings. The van der Waals surface area contributed by atoms with E-state index < -0.39 is 23.2 Å². The summed E-state index contributed by atoms with van der Waals surface area (Å²) < 4.78 is 39.8. The van der Waals surface area contributed by atoms with E-state index >= 15 is 0 Å². The molecule has 1 aliphatic heterocycles. The fraction of sp³-hybridized carbons (Fsp3) is 0.259. The Labute approximate surface area is 202 Å². The van der Waals surface area contributed by atoms with Crippen molar-refractivity contribution in [2.75, 3.05) is 23.3 Å². The van der Waals surface area contributed by atoms with E-state index in [4.69, 9.17) is 0 Å². The molecule has 8 heteroatoms. The molecule has 2 amide bonds. The van der Waals surface area contributed by atoms with Gasteiger partial charge in [-0.25, -0.2) is 0 Å². The summed E-state index contributed by atoms with van der Waals surface area (Å²) in [5, 5.41) is 5.38. The van der Waals surface area contributed by atoms with E-state index in [0.717, 1.165) is 49.3 Å². The van der Waals surface area contributed by atoms with E-state index in [2.05, 4.69) is 21.6 Å². The van der Waals surface area contributed by atoms with Gasteiger partial charge in [0.2, 0.25) is 0 Å². The van der Waals surface area contributed by atoms with Crippen LogP contribution in [0.15, 0.2) is 72.8 Å². The van der Waals surface area contributed by atoms with Gasteiger partial charge in [0.1, 0.15) is 0 Å². The SMILES string of the molecule is O=C(NCc1ccccc1N1CCCCC1)c1cccc(NC(=O)c2ccccc2C(F)(F)F)c1. The summed E-state index contributed by atoms with van der Waals surface area (Å²) in [6.07, 6.45) is -1.14. The number of halogens is 3. The van der Waals surface area contributed by atoms with E-state index in [1.807, 2.05) is 18.2 Å². The molecule has 0 bridgehead atoms. The van der Waals surface area contributed by atoms with Gasteiger partial charge in [-0.1, -0.05) is 36.4 Å². The van der Waals surface area contributed by atoms with Gasteiger partial charge in [-0.3, -0.25) is 9.59 Å². The Kier molecular flexibility index (Phi) is 7.39. The molecule has 0 radical (unpaired) electrons. The van der Waals surface area contributed by atoms with Gasteiger partial charge >= 0.3 is 6.18 Å². The summed E-state index contributed by atoms with van der Waals surface area (Å²) in [7, 11) is 0. The van der Waals surface area contributed by atoms with Crippen molar-refractivity contribution in [1.29, 1.82) is 0 Å². The lowest BCUT2D eigenvalue weighted by Gasteiger charge is -2.30. The van der Waals surface area contributed by atoms with Crippen LogP contribution in [0, 0.1) is 0 Å². The highest BCUT2D eigenvalue weighted by Crippen LogP contribution is 2.32. The Balaban J connectivity index is 1.44. The molecule has 4 rings (SSSR count). The Morgan fingerprint density at radius 3 is 2.31 bits per heavy atom. The van der Waals surface area contributed by atoms with Crippen molar-refractivity contribution >= 4 is 23.2 Å². The van der Waals surface area contributed by atoms with Crippen molar-refractivity contribution in [2.45, 2.75) is 32.0 Å². The lowest BCUT2D eigenvalue weighted by molar-refractivity contribution is -0.137. The van der Waals surface area contributed by atoms with E-state index in [0.29, 0.717) is 12.1 Å². The minimum Gasteiger partial charge on any atom is -0.371 e. The molecule has 0 saturated carbocycles. The first-order chi connectivity index (χ1) is 16.8. The van der Waals surface area contributed by atoms with Gasteiger partial charge in [0.05, 0.1) is 11.1 Å². The van der Waals surface area contributed by atoms with Crippen LogP contribution < -0.4 is 15.5 Å². The predicted molar refractivity (Wildman–Crippen MR) is 130 cm³/mol. The number of piperidine rings is 1. The monoisotopic (exact) mass is 481 g/mol. The lowest BCUT2D eigenvalue weighted by atomic mass is 10.1. The Hall–Kier alpha value is -3.81. The Morgan fingerprint density at radius 1 is 0.829 bits per heavy atom. The van der Waals surface area contributed by atoms with Crippen LogP contribution in [0.25, 0.3) is 0 Å². The van der Waals surface area contributed by atoms with Gasteiger partial charge in [-0.15, -0.1) is 0 Å². The fourth-order valence-corrected chi connectivity index (χ4v) is 4.25. The molecular weight excluding hydrogens is 455 g/mol. The first kappa shape index (κ1) is 24.3. The summed E-state index contributed by atoms with van der Waals surface area (Å²) in [5.74, 6) is -1.24. The number of carbonyl (C=O) groups excluding carboxylic acids is 2. The number of alkyl halides is 3. The van der Waals surface area contributed by atoms with Gasteiger partial charge < -0.3 is 15.5 Å². The van der Waals surface area contributed by atoms with E-state index in [1.54, 1.807) is 12.1 Å². The normalized spacial score (nSPS) is 13.9. The van der Waals surface area contributed by atoms with E-state index in [1.165, 1.54) is 30.7 Å². The summed E-state index contributed by atoms with van der Waals surface area (Å²) in [6, 6.07) is 18.7. The van der Waals surface area contributed by atoms with Crippen LogP contribution in [-0.4, -0.2) is 24.9 Å². The van der Waals surface area contributed by atoms with E-state index in [-0.39, 0.29) is 11.6 Å². The molecule has 1 fully saturated rings. The number of nitrogens with one attached hydrogen (secondary N) is 2. The fourth-order valence-electron chi connectivity index (χ4n) is 4.25. The second-order valence-electron chi connectivity index (χ2n) is 8.44. The Morgan fingerprint density at radius 2 is 1.54 bits per heavy atom. The number of para-hydroxylation sites is 1. The van der Waals surface area contributed by atoms with Crippen LogP contribution in [0.5, 0.6) is 0 Å². The molecule has 1 saturated heterocycles. The third kappa shape index (κ3) is 6.01. The maximum atomic E-state index is 13.3. The summed E-state index contributed by atoms with van der Waals surface area (Å²) >= 11 is 0. The van der Waals surface area contributed by atoms with Crippen LogP contribution in [0.1, 0.15) is 51.1 Å². The molecule has 35 heavy (non-hydrogen) atoms. The van der Waals surface area contributed by atoms with Crippen LogP contribution in [0.2, 0.25) is 0 Å². The molecule has 0 atom stereocenters. The molecule has 0 aromatic heterocycles. The van der Waals surface area contributed by atoms with Crippen molar-refractivity contribution in [1.82, 2.24) is 5.32 Å². The number of benzene rings is 3. The minimum absolute atomic E-state index is 0.230. The highest BCUT2D eigenvalue weighted by atomic mass is 19.4. The topological polar surface area (TPSA) is 61.4 Å². The quantitative estimate of drug-likeness (QED) is 0.462.